The number of hydrogen-bond donors (Lipinski definition) is 1. The molecule has 1 N–H and O–H groups in total. The summed E-state index contributed by atoms with van der Waals surface area (Å²) in [7, 11) is 3.14. The van der Waals surface area contributed by atoms with Gasteiger partial charge < -0.3 is 14.6 Å². The third-order valence-corrected chi connectivity index (χ3v) is 4.91. The highest BCUT2D eigenvalue weighted by atomic mass is 32.2. The van der Waals surface area contributed by atoms with E-state index in [0.717, 1.165) is 5.56 Å². The minimum atomic E-state index is -0.245. The molecule has 25 heavy (non-hydrogen) atoms. The topological polar surface area (TPSA) is 59.0 Å². The number of ether oxygens (including phenoxy) is 2. The summed E-state index contributed by atoms with van der Waals surface area (Å²) >= 11 is 6.54. The Labute approximate surface area is 154 Å². The molecule has 1 saturated heterocycles. The van der Waals surface area contributed by atoms with Gasteiger partial charge in [0, 0.05) is 11.6 Å². The van der Waals surface area contributed by atoms with Crippen molar-refractivity contribution in [2.45, 2.75) is 0 Å². The van der Waals surface area contributed by atoms with Crippen molar-refractivity contribution < 1.29 is 19.4 Å². The second kappa shape index (κ2) is 7.16. The molecule has 1 aliphatic heterocycles. The maximum atomic E-state index is 12.8. The van der Waals surface area contributed by atoms with Crippen molar-refractivity contribution in [1.29, 1.82) is 0 Å². The number of thioether (sulfide) groups is 1. The van der Waals surface area contributed by atoms with Crippen LogP contribution in [0.15, 0.2) is 47.4 Å². The first-order chi connectivity index (χ1) is 12.0. The summed E-state index contributed by atoms with van der Waals surface area (Å²) in [6.07, 6.45) is 1.73. The number of methoxy groups -OCH3 is 2. The second-order valence-electron chi connectivity index (χ2n) is 5.14. The van der Waals surface area contributed by atoms with Gasteiger partial charge in [-0.2, -0.15) is 0 Å². The number of benzene rings is 2. The number of thiocarbonyl (C=S) groups is 1. The van der Waals surface area contributed by atoms with Crippen LogP contribution in [0.4, 0.5) is 5.69 Å². The fraction of sp³-hybridized carbons (Fsp3) is 0.111. The van der Waals surface area contributed by atoms with Crippen LogP contribution in [0, 0.1) is 0 Å². The lowest BCUT2D eigenvalue weighted by Gasteiger charge is -2.14. The summed E-state index contributed by atoms with van der Waals surface area (Å²) in [6.45, 7) is 0. The first-order valence-electron chi connectivity index (χ1n) is 7.32. The van der Waals surface area contributed by atoms with Gasteiger partial charge in [0.2, 0.25) is 0 Å². The van der Waals surface area contributed by atoms with Crippen LogP contribution in [0.5, 0.6) is 17.2 Å². The molecule has 0 aliphatic carbocycles. The molecule has 0 radical (unpaired) electrons. The molecule has 1 amide bonds. The van der Waals surface area contributed by atoms with E-state index in [1.165, 1.54) is 28.8 Å². The van der Waals surface area contributed by atoms with Crippen molar-refractivity contribution in [2.24, 2.45) is 0 Å². The summed E-state index contributed by atoms with van der Waals surface area (Å²) in [6, 6.07) is 11.8. The van der Waals surface area contributed by atoms with Gasteiger partial charge in [0.25, 0.3) is 5.91 Å². The number of rotatable bonds is 4. The highest BCUT2D eigenvalue weighted by molar-refractivity contribution is 8.27. The Hall–Kier alpha value is -2.51. The number of nitrogens with zero attached hydrogens (tertiary/aromatic N) is 1. The summed E-state index contributed by atoms with van der Waals surface area (Å²) in [5, 5.41) is 9.64. The zero-order chi connectivity index (χ0) is 18.0. The van der Waals surface area contributed by atoms with E-state index in [4.69, 9.17) is 21.7 Å². The Kier molecular flexibility index (Phi) is 4.96. The van der Waals surface area contributed by atoms with Crippen LogP contribution >= 0.6 is 24.0 Å². The predicted octanol–water partition coefficient (Wildman–Crippen LogP) is 3.82. The van der Waals surface area contributed by atoms with E-state index in [-0.39, 0.29) is 11.7 Å². The molecule has 1 fully saturated rings. The highest BCUT2D eigenvalue weighted by Crippen LogP contribution is 2.38. The van der Waals surface area contributed by atoms with Crippen LogP contribution in [-0.4, -0.2) is 29.6 Å². The Balaban J connectivity index is 1.98. The molecule has 1 heterocycles. The van der Waals surface area contributed by atoms with Crippen molar-refractivity contribution in [1.82, 2.24) is 0 Å². The average molecular weight is 373 g/mol. The van der Waals surface area contributed by atoms with E-state index in [9.17, 15) is 9.90 Å². The van der Waals surface area contributed by atoms with Crippen LogP contribution in [0.2, 0.25) is 0 Å². The Morgan fingerprint density at radius 3 is 2.64 bits per heavy atom. The van der Waals surface area contributed by atoms with Gasteiger partial charge in [0.15, 0.2) is 4.32 Å². The third-order valence-electron chi connectivity index (χ3n) is 3.61. The Morgan fingerprint density at radius 1 is 1.16 bits per heavy atom. The summed E-state index contributed by atoms with van der Waals surface area (Å²) in [5.74, 6) is 1.12. The van der Waals surface area contributed by atoms with Crippen LogP contribution in [-0.2, 0) is 4.79 Å². The molecule has 2 aromatic carbocycles. The zero-order valence-electron chi connectivity index (χ0n) is 13.6. The normalized spacial score (nSPS) is 15.8. The number of anilines is 1. The number of carbonyl (C=O) groups excluding carboxylic acids is 1. The van der Waals surface area contributed by atoms with Crippen LogP contribution in [0.1, 0.15) is 5.56 Å². The van der Waals surface area contributed by atoms with Crippen molar-refractivity contribution in [2.75, 3.05) is 19.1 Å². The van der Waals surface area contributed by atoms with E-state index in [0.29, 0.717) is 26.4 Å². The van der Waals surface area contributed by atoms with Crippen LogP contribution in [0.25, 0.3) is 6.08 Å². The maximum Gasteiger partial charge on any atom is 0.270 e. The molecule has 0 aromatic heterocycles. The number of amides is 1. The average Bonchev–Trinajstić information content (AvgIpc) is 2.88. The first kappa shape index (κ1) is 17.3. The SMILES string of the molecule is COc1ccc(OC)c(/C=C2/SC(=S)N(c3cccc(O)c3)C2=O)c1. The largest absolute Gasteiger partial charge is 0.508 e. The number of phenols is 1. The van der Waals surface area contributed by atoms with Crippen LogP contribution in [0.3, 0.4) is 0 Å². The van der Waals surface area contributed by atoms with Gasteiger partial charge in [0.05, 0.1) is 24.8 Å². The number of phenolic OH excluding ortho intramolecular Hbond substituents is 1. The molecule has 0 unspecified atom stereocenters. The quantitative estimate of drug-likeness (QED) is 0.650. The molecule has 0 bridgehead atoms. The predicted molar refractivity (Wildman–Crippen MR) is 103 cm³/mol. The molecule has 0 saturated carbocycles. The number of carbonyl (C=O) groups is 1. The first-order valence-corrected chi connectivity index (χ1v) is 8.55. The van der Waals surface area contributed by atoms with Crippen LogP contribution < -0.4 is 14.4 Å². The zero-order valence-corrected chi connectivity index (χ0v) is 15.2. The molecule has 7 heteroatoms. The fourth-order valence-electron chi connectivity index (χ4n) is 2.42. The molecule has 128 valence electrons. The van der Waals surface area contributed by atoms with Gasteiger partial charge in [-0.1, -0.05) is 30.0 Å². The molecule has 5 nitrogen and oxygen atoms in total. The summed E-state index contributed by atoms with van der Waals surface area (Å²) in [4.78, 5) is 14.7. The lowest BCUT2D eigenvalue weighted by molar-refractivity contribution is -0.113. The second-order valence-corrected chi connectivity index (χ2v) is 6.82. The van der Waals surface area contributed by atoms with E-state index in [1.807, 2.05) is 0 Å². The molecule has 1 aliphatic rings. The minimum absolute atomic E-state index is 0.0741. The van der Waals surface area contributed by atoms with Gasteiger partial charge in [0.1, 0.15) is 17.2 Å². The molecular formula is C18H15NO4S2. The van der Waals surface area contributed by atoms with Gasteiger partial charge in [-0.15, -0.1) is 0 Å². The van der Waals surface area contributed by atoms with E-state index in [2.05, 4.69) is 0 Å². The molecule has 0 atom stereocenters. The summed E-state index contributed by atoms with van der Waals surface area (Å²) in [5.41, 5.74) is 1.25. The van der Waals surface area contributed by atoms with E-state index >= 15 is 0 Å². The lowest BCUT2D eigenvalue weighted by Crippen LogP contribution is -2.27. The van der Waals surface area contributed by atoms with Gasteiger partial charge in [-0.25, -0.2) is 0 Å². The summed E-state index contributed by atoms with van der Waals surface area (Å²) < 4.78 is 11.0. The van der Waals surface area contributed by atoms with E-state index in [1.54, 1.807) is 50.6 Å². The van der Waals surface area contributed by atoms with Crippen molar-refractivity contribution in [3.8, 4) is 17.2 Å². The monoisotopic (exact) mass is 373 g/mol. The third kappa shape index (κ3) is 3.47. The van der Waals surface area contributed by atoms with Gasteiger partial charge in [-0.05, 0) is 36.4 Å². The minimum Gasteiger partial charge on any atom is -0.508 e. The van der Waals surface area contributed by atoms with Gasteiger partial charge >= 0.3 is 0 Å². The van der Waals surface area contributed by atoms with Crippen molar-refractivity contribution >= 4 is 46.0 Å². The fourth-order valence-corrected chi connectivity index (χ4v) is 3.71. The lowest BCUT2D eigenvalue weighted by atomic mass is 10.1. The van der Waals surface area contributed by atoms with Crippen molar-refractivity contribution in [3.63, 3.8) is 0 Å². The Morgan fingerprint density at radius 2 is 1.96 bits per heavy atom. The molecule has 0 spiro atoms. The Bertz CT molecular complexity index is 879. The standard InChI is InChI=1S/C18H15NO4S2/c1-22-14-6-7-15(23-2)11(8-14)9-16-17(21)19(18(24)25-16)12-4-3-5-13(20)10-12/h3-10,20H,1-2H3/b16-9+. The number of aromatic hydroxyl groups is 1. The smallest absolute Gasteiger partial charge is 0.270 e. The van der Waals surface area contributed by atoms with Crippen molar-refractivity contribution in [3.05, 3.63) is 52.9 Å². The van der Waals surface area contributed by atoms with E-state index < -0.39 is 0 Å². The van der Waals surface area contributed by atoms with Gasteiger partial charge in [-0.3, -0.25) is 9.69 Å². The number of hydrogen-bond acceptors (Lipinski definition) is 6. The highest BCUT2D eigenvalue weighted by Gasteiger charge is 2.33. The molecule has 3 rings (SSSR count). The maximum absolute atomic E-state index is 12.8. The molecule has 2 aromatic rings. The molecular weight excluding hydrogens is 358 g/mol.